The number of piperazine rings is 1. The van der Waals surface area contributed by atoms with Crippen molar-refractivity contribution in [3.63, 3.8) is 0 Å². The van der Waals surface area contributed by atoms with E-state index in [1.165, 1.54) is 4.90 Å². The molecule has 6 heterocycles. The second kappa shape index (κ2) is 10.7. The number of piperidine rings is 1. The molecule has 0 spiro atoms. The van der Waals surface area contributed by atoms with E-state index >= 15 is 0 Å². The van der Waals surface area contributed by atoms with Crippen molar-refractivity contribution in [2.45, 2.75) is 25.6 Å². The number of likely N-dealkylation sites (N-methyl/N-ethyl adjacent to an activating group) is 1. The summed E-state index contributed by atoms with van der Waals surface area (Å²) in [5.41, 5.74) is 2.24. The Morgan fingerprint density at radius 2 is 1.74 bits per heavy atom. The molecule has 2 amide bonds. The lowest BCUT2D eigenvalue weighted by molar-refractivity contribution is -0.211. The van der Waals surface area contributed by atoms with E-state index in [2.05, 4.69) is 25.3 Å². The van der Waals surface area contributed by atoms with Crippen molar-refractivity contribution in [2.24, 2.45) is 23.7 Å². The number of amides is 2. The van der Waals surface area contributed by atoms with Crippen molar-refractivity contribution in [1.82, 2.24) is 39.1 Å². The highest BCUT2D eigenvalue weighted by molar-refractivity contribution is 5.81. The van der Waals surface area contributed by atoms with Crippen molar-refractivity contribution in [3.8, 4) is 0 Å². The van der Waals surface area contributed by atoms with Crippen molar-refractivity contribution >= 4 is 34.8 Å². The number of fused-ring (bicyclic) bond motifs is 3. The number of halogens is 3. The molecule has 2 unspecified atom stereocenters. The first-order chi connectivity index (χ1) is 20.6. The van der Waals surface area contributed by atoms with Gasteiger partial charge in [-0.3, -0.25) is 14.3 Å². The van der Waals surface area contributed by atoms with Crippen molar-refractivity contribution < 1.29 is 22.8 Å². The van der Waals surface area contributed by atoms with E-state index < -0.39 is 12.1 Å². The van der Waals surface area contributed by atoms with Crippen LogP contribution in [0.1, 0.15) is 12.8 Å². The van der Waals surface area contributed by atoms with Crippen LogP contribution in [0.4, 0.5) is 30.5 Å². The minimum absolute atomic E-state index is 0.0352. The fourth-order valence-corrected chi connectivity index (χ4v) is 7.03. The van der Waals surface area contributed by atoms with Crippen LogP contribution in [0, 0.1) is 23.7 Å². The van der Waals surface area contributed by atoms with E-state index in [4.69, 9.17) is 4.98 Å². The van der Waals surface area contributed by atoms with E-state index in [0.717, 1.165) is 31.6 Å². The molecule has 7 rings (SSSR count). The first-order valence-corrected chi connectivity index (χ1v) is 14.8. The minimum atomic E-state index is -4.24. The number of rotatable bonds is 6. The summed E-state index contributed by atoms with van der Waals surface area (Å²) < 4.78 is 42.2. The van der Waals surface area contributed by atoms with Crippen LogP contribution in [-0.2, 0) is 16.1 Å². The molecule has 1 aliphatic carbocycles. The standard InChI is InChI=1S/C28H35F3N10O2/c1-36-7-9-37(10-8-36)23(42)17-40-16-21(11-32-40)33-27-34-25-22(3-2-6-41(25)35-27)38-12-18-4-5-19(13-38)24(18)26(43)39-14-20(15-39)28(29,30)31/h2-3,6,11,16,18-20,24H,4-5,7-10,12-15,17H2,1H3,(H,33,35). The van der Waals surface area contributed by atoms with Crippen LogP contribution in [0.15, 0.2) is 30.7 Å². The number of alkyl halides is 3. The molecule has 4 aliphatic rings. The van der Waals surface area contributed by atoms with Gasteiger partial charge in [-0.15, -0.1) is 5.10 Å². The number of nitrogens with one attached hydrogen (secondary N) is 1. The maximum Gasteiger partial charge on any atom is 0.395 e. The summed E-state index contributed by atoms with van der Waals surface area (Å²) in [6.45, 7) is 4.17. The Bertz CT molecular complexity index is 1490. The van der Waals surface area contributed by atoms with Gasteiger partial charge >= 0.3 is 6.18 Å². The lowest BCUT2D eigenvalue weighted by atomic mass is 9.82. The normalized spacial score (nSPS) is 24.9. The molecule has 3 aromatic heterocycles. The SMILES string of the molecule is CN1CCN(C(=O)Cn2cc(Nc3nc4c(N5CC6CCC(C5)C6C(=O)N5CC(C(F)(F)F)C5)cccn4n3)cn2)CC1. The molecule has 0 aromatic carbocycles. The Morgan fingerprint density at radius 1 is 1.02 bits per heavy atom. The Labute approximate surface area is 246 Å². The molecule has 2 atom stereocenters. The molecule has 43 heavy (non-hydrogen) atoms. The van der Waals surface area contributed by atoms with Crippen LogP contribution < -0.4 is 10.2 Å². The third-order valence-electron chi connectivity index (χ3n) is 9.50. The van der Waals surface area contributed by atoms with E-state index in [-0.39, 0.29) is 49.2 Å². The Hall–Kier alpha value is -3.88. The van der Waals surface area contributed by atoms with Gasteiger partial charge in [0, 0.05) is 70.7 Å². The van der Waals surface area contributed by atoms with Gasteiger partial charge < -0.3 is 24.9 Å². The Kier molecular flexibility index (Phi) is 6.94. The molecular weight excluding hydrogens is 565 g/mol. The fourth-order valence-electron chi connectivity index (χ4n) is 7.03. The highest BCUT2D eigenvalue weighted by Crippen LogP contribution is 2.46. The first-order valence-electron chi connectivity index (χ1n) is 14.8. The summed E-state index contributed by atoms with van der Waals surface area (Å²) >= 11 is 0. The summed E-state index contributed by atoms with van der Waals surface area (Å²) in [5, 5.41) is 12.1. The number of carbonyl (C=O) groups is 2. The molecule has 12 nitrogen and oxygen atoms in total. The zero-order valence-electron chi connectivity index (χ0n) is 23.9. The summed E-state index contributed by atoms with van der Waals surface area (Å²) in [6.07, 6.45) is 2.75. The van der Waals surface area contributed by atoms with E-state index in [9.17, 15) is 22.8 Å². The van der Waals surface area contributed by atoms with Crippen LogP contribution in [0.25, 0.3) is 5.65 Å². The number of hydrogen-bond acceptors (Lipinski definition) is 8. The predicted molar refractivity (Wildman–Crippen MR) is 151 cm³/mol. The molecule has 230 valence electrons. The predicted octanol–water partition coefficient (Wildman–Crippen LogP) is 1.93. The summed E-state index contributed by atoms with van der Waals surface area (Å²) in [6, 6.07) is 3.89. The van der Waals surface area contributed by atoms with Crippen molar-refractivity contribution in [2.75, 3.05) is 69.6 Å². The third kappa shape index (κ3) is 5.38. The second-order valence-electron chi connectivity index (χ2n) is 12.3. The number of pyridine rings is 1. The van der Waals surface area contributed by atoms with Gasteiger partial charge in [-0.05, 0) is 43.9 Å². The molecule has 3 saturated heterocycles. The van der Waals surface area contributed by atoms with Crippen molar-refractivity contribution in [3.05, 3.63) is 30.7 Å². The van der Waals surface area contributed by atoms with Gasteiger partial charge in [0.15, 0.2) is 5.65 Å². The molecule has 1 N–H and O–H groups in total. The molecule has 3 aliphatic heterocycles. The van der Waals surface area contributed by atoms with Gasteiger partial charge in [0.25, 0.3) is 0 Å². The molecule has 2 bridgehead atoms. The topological polar surface area (TPSA) is 107 Å². The molecular formula is C28H35F3N10O2. The van der Waals surface area contributed by atoms with Gasteiger partial charge in [-0.1, -0.05) is 0 Å². The molecule has 3 aromatic rings. The number of hydrogen-bond donors (Lipinski definition) is 1. The zero-order valence-corrected chi connectivity index (χ0v) is 23.9. The average Bonchev–Trinajstić information content (AvgIpc) is 3.62. The lowest BCUT2D eigenvalue weighted by Gasteiger charge is -2.45. The van der Waals surface area contributed by atoms with Gasteiger partial charge in [0.2, 0.25) is 17.8 Å². The zero-order chi connectivity index (χ0) is 29.9. The lowest BCUT2D eigenvalue weighted by Crippen LogP contribution is -2.59. The number of carbonyl (C=O) groups excluding carboxylic acids is 2. The number of anilines is 3. The smallest absolute Gasteiger partial charge is 0.368 e. The molecule has 1 saturated carbocycles. The molecule has 4 fully saturated rings. The Balaban J connectivity index is 1.00. The quantitative estimate of drug-likeness (QED) is 0.458. The van der Waals surface area contributed by atoms with Gasteiger partial charge in [0.1, 0.15) is 6.54 Å². The highest BCUT2D eigenvalue weighted by Gasteiger charge is 2.53. The van der Waals surface area contributed by atoms with Crippen LogP contribution in [0.2, 0.25) is 0 Å². The monoisotopic (exact) mass is 600 g/mol. The average molecular weight is 601 g/mol. The maximum absolute atomic E-state index is 13.2. The number of aromatic nitrogens is 5. The van der Waals surface area contributed by atoms with Gasteiger partial charge in [-0.25, -0.2) is 4.52 Å². The summed E-state index contributed by atoms with van der Waals surface area (Å²) in [4.78, 5) is 38.3. The summed E-state index contributed by atoms with van der Waals surface area (Å²) in [5.74, 6) is -1.13. The van der Waals surface area contributed by atoms with Gasteiger partial charge in [0.05, 0.1) is 23.5 Å². The summed E-state index contributed by atoms with van der Waals surface area (Å²) in [7, 11) is 2.05. The number of likely N-dealkylation sites (tertiary alicyclic amines) is 1. The Morgan fingerprint density at radius 3 is 2.44 bits per heavy atom. The number of nitrogens with zero attached hydrogens (tertiary/aromatic N) is 9. The van der Waals surface area contributed by atoms with Crippen LogP contribution >= 0.6 is 0 Å². The van der Waals surface area contributed by atoms with Gasteiger partial charge in [-0.2, -0.15) is 23.3 Å². The van der Waals surface area contributed by atoms with Crippen molar-refractivity contribution in [1.29, 1.82) is 0 Å². The minimum Gasteiger partial charge on any atom is -0.368 e. The van der Waals surface area contributed by atoms with E-state index in [1.807, 2.05) is 30.3 Å². The first kappa shape index (κ1) is 27.9. The fraction of sp³-hybridized carbons (Fsp3) is 0.607. The van der Waals surface area contributed by atoms with E-state index in [0.29, 0.717) is 43.5 Å². The highest BCUT2D eigenvalue weighted by atomic mass is 19.4. The maximum atomic E-state index is 13.2. The molecule has 15 heteroatoms. The molecule has 0 radical (unpaired) electrons. The van der Waals surface area contributed by atoms with Crippen LogP contribution in [-0.4, -0.2) is 116 Å². The second-order valence-corrected chi connectivity index (χ2v) is 12.3. The van der Waals surface area contributed by atoms with Crippen LogP contribution in [0.5, 0.6) is 0 Å². The van der Waals surface area contributed by atoms with Crippen LogP contribution in [0.3, 0.4) is 0 Å². The van der Waals surface area contributed by atoms with E-state index in [1.54, 1.807) is 21.6 Å². The third-order valence-corrected chi connectivity index (χ3v) is 9.50. The largest absolute Gasteiger partial charge is 0.395 e.